The van der Waals surface area contributed by atoms with Gasteiger partial charge in [0.25, 0.3) is 0 Å². The van der Waals surface area contributed by atoms with Crippen LogP contribution in [0.4, 0.5) is 10.5 Å². The zero-order valence-electron chi connectivity index (χ0n) is 12.6. The molecule has 2 unspecified atom stereocenters. The normalized spacial score (nSPS) is 18.9. The Bertz CT molecular complexity index is 585. The highest BCUT2D eigenvalue weighted by Gasteiger charge is 2.34. The zero-order chi connectivity index (χ0) is 16.3. The third-order valence-corrected chi connectivity index (χ3v) is 3.62. The maximum absolute atomic E-state index is 12.4. The van der Waals surface area contributed by atoms with E-state index in [0.29, 0.717) is 13.0 Å². The Labute approximate surface area is 128 Å². The van der Waals surface area contributed by atoms with Crippen molar-refractivity contribution in [3.05, 3.63) is 29.8 Å². The fraction of sp³-hybridized carbons (Fsp3) is 0.400. The highest BCUT2D eigenvalue weighted by atomic mass is 16.2. The smallest absolute Gasteiger partial charge is 0.312 e. The third kappa shape index (κ3) is 3.55. The standard InChI is InChI=1S/C15H20N4O3/c1-9-3-5-11(6-4-9)19-8-7-12(14(19)21)18-13(20)10(2)17-15(16)22/h3-6,10,12H,7-8H2,1-2H3,(H,18,20)(H3,16,17,22). The van der Waals surface area contributed by atoms with E-state index in [1.807, 2.05) is 31.2 Å². The van der Waals surface area contributed by atoms with Gasteiger partial charge in [-0.05, 0) is 32.4 Å². The molecule has 2 rings (SSSR count). The molecule has 1 aromatic rings. The molecule has 7 heteroatoms. The molecule has 22 heavy (non-hydrogen) atoms. The van der Waals surface area contributed by atoms with Crippen LogP contribution in [-0.4, -0.2) is 36.5 Å². The van der Waals surface area contributed by atoms with Crippen molar-refractivity contribution in [1.82, 2.24) is 10.6 Å². The van der Waals surface area contributed by atoms with Crippen molar-refractivity contribution >= 4 is 23.5 Å². The van der Waals surface area contributed by atoms with Crippen LogP contribution in [0.5, 0.6) is 0 Å². The average Bonchev–Trinajstić information content (AvgIpc) is 2.80. The number of aryl methyl sites for hydroxylation is 1. The van der Waals surface area contributed by atoms with E-state index in [2.05, 4.69) is 10.6 Å². The molecule has 0 saturated carbocycles. The summed E-state index contributed by atoms with van der Waals surface area (Å²) in [7, 11) is 0. The first-order valence-electron chi connectivity index (χ1n) is 7.13. The van der Waals surface area contributed by atoms with E-state index in [4.69, 9.17) is 5.73 Å². The van der Waals surface area contributed by atoms with E-state index in [9.17, 15) is 14.4 Å². The van der Waals surface area contributed by atoms with Crippen molar-refractivity contribution in [2.45, 2.75) is 32.4 Å². The van der Waals surface area contributed by atoms with Crippen LogP contribution in [0.1, 0.15) is 18.9 Å². The van der Waals surface area contributed by atoms with Gasteiger partial charge < -0.3 is 21.3 Å². The fourth-order valence-electron chi connectivity index (χ4n) is 2.37. The molecular weight excluding hydrogens is 284 g/mol. The first kappa shape index (κ1) is 15.8. The quantitative estimate of drug-likeness (QED) is 0.743. The fourth-order valence-corrected chi connectivity index (χ4v) is 2.37. The Hall–Kier alpha value is -2.57. The molecule has 1 aliphatic rings. The van der Waals surface area contributed by atoms with Gasteiger partial charge in [-0.2, -0.15) is 0 Å². The van der Waals surface area contributed by atoms with Crippen LogP contribution >= 0.6 is 0 Å². The van der Waals surface area contributed by atoms with Crippen molar-refractivity contribution in [3.8, 4) is 0 Å². The summed E-state index contributed by atoms with van der Waals surface area (Å²) < 4.78 is 0. The number of carbonyl (C=O) groups is 3. The monoisotopic (exact) mass is 304 g/mol. The van der Waals surface area contributed by atoms with Crippen LogP contribution < -0.4 is 21.3 Å². The number of hydrogen-bond acceptors (Lipinski definition) is 3. The SMILES string of the molecule is Cc1ccc(N2CCC(NC(=O)C(C)NC(N)=O)C2=O)cc1. The number of amides is 4. The number of nitrogens with two attached hydrogens (primary N) is 1. The van der Waals surface area contributed by atoms with Crippen LogP contribution in [0.15, 0.2) is 24.3 Å². The predicted octanol–water partition coefficient (Wildman–Crippen LogP) is 0.273. The van der Waals surface area contributed by atoms with E-state index in [0.717, 1.165) is 11.3 Å². The van der Waals surface area contributed by atoms with Crippen LogP contribution in [0, 0.1) is 6.92 Å². The number of urea groups is 1. The van der Waals surface area contributed by atoms with Gasteiger partial charge in [-0.3, -0.25) is 9.59 Å². The number of hydrogen-bond donors (Lipinski definition) is 3. The van der Waals surface area contributed by atoms with E-state index in [1.165, 1.54) is 6.92 Å². The molecule has 118 valence electrons. The molecule has 1 fully saturated rings. The van der Waals surface area contributed by atoms with Gasteiger partial charge in [0.15, 0.2) is 0 Å². The van der Waals surface area contributed by atoms with E-state index in [1.54, 1.807) is 4.90 Å². The Morgan fingerprint density at radius 3 is 2.55 bits per heavy atom. The first-order valence-corrected chi connectivity index (χ1v) is 7.13. The summed E-state index contributed by atoms with van der Waals surface area (Å²) in [6.45, 7) is 4.04. The van der Waals surface area contributed by atoms with Gasteiger partial charge in [0.05, 0.1) is 0 Å². The molecule has 0 radical (unpaired) electrons. The number of benzene rings is 1. The number of rotatable bonds is 4. The lowest BCUT2D eigenvalue weighted by Crippen LogP contribution is -2.51. The largest absolute Gasteiger partial charge is 0.352 e. The number of anilines is 1. The van der Waals surface area contributed by atoms with Gasteiger partial charge in [-0.1, -0.05) is 17.7 Å². The van der Waals surface area contributed by atoms with Crippen LogP contribution in [-0.2, 0) is 9.59 Å². The van der Waals surface area contributed by atoms with E-state index >= 15 is 0 Å². The lowest BCUT2D eigenvalue weighted by atomic mass is 10.2. The molecule has 0 bridgehead atoms. The van der Waals surface area contributed by atoms with Crippen molar-refractivity contribution < 1.29 is 14.4 Å². The van der Waals surface area contributed by atoms with Gasteiger partial charge in [-0.15, -0.1) is 0 Å². The molecule has 0 aliphatic carbocycles. The lowest BCUT2D eigenvalue weighted by Gasteiger charge is -2.19. The number of carbonyl (C=O) groups excluding carboxylic acids is 3. The summed E-state index contributed by atoms with van der Waals surface area (Å²) in [6.07, 6.45) is 0.530. The number of nitrogens with one attached hydrogen (secondary N) is 2. The molecule has 1 saturated heterocycles. The number of nitrogens with zero attached hydrogens (tertiary/aromatic N) is 1. The minimum absolute atomic E-state index is 0.150. The number of primary amides is 1. The van der Waals surface area contributed by atoms with Crippen LogP contribution in [0.2, 0.25) is 0 Å². The van der Waals surface area contributed by atoms with Gasteiger partial charge in [-0.25, -0.2) is 4.79 Å². The summed E-state index contributed by atoms with van der Waals surface area (Å²) in [5.41, 5.74) is 6.90. The van der Waals surface area contributed by atoms with E-state index in [-0.39, 0.29) is 5.91 Å². The Kier molecular flexibility index (Phi) is 4.65. The van der Waals surface area contributed by atoms with E-state index < -0.39 is 24.0 Å². The predicted molar refractivity (Wildman–Crippen MR) is 82.3 cm³/mol. The molecule has 4 amide bonds. The maximum Gasteiger partial charge on any atom is 0.312 e. The van der Waals surface area contributed by atoms with Gasteiger partial charge in [0, 0.05) is 12.2 Å². The second kappa shape index (κ2) is 6.46. The maximum atomic E-state index is 12.4. The van der Waals surface area contributed by atoms with Crippen molar-refractivity contribution in [1.29, 1.82) is 0 Å². The van der Waals surface area contributed by atoms with Gasteiger partial charge in [0.1, 0.15) is 12.1 Å². The minimum Gasteiger partial charge on any atom is -0.352 e. The Morgan fingerprint density at radius 2 is 1.95 bits per heavy atom. The summed E-state index contributed by atoms with van der Waals surface area (Å²) in [5, 5.41) is 4.93. The molecule has 1 aliphatic heterocycles. The Balaban J connectivity index is 1.98. The summed E-state index contributed by atoms with van der Waals surface area (Å²) >= 11 is 0. The molecule has 1 heterocycles. The third-order valence-electron chi connectivity index (χ3n) is 3.62. The van der Waals surface area contributed by atoms with Gasteiger partial charge in [0.2, 0.25) is 11.8 Å². The molecule has 2 atom stereocenters. The van der Waals surface area contributed by atoms with Crippen molar-refractivity contribution in [2.24, 2.45) is 5.73 Å². The zero-order valence-corrected chi connectivity index (χ0v) is 12.6. The summed E-state index contributed by atoms with van der Waals surface area (Å²) in [6, 6.07) is 5.51. The first-order chi connectivity index (χ1) is 10.4. The highest BCUT2D eigenvalue weighted by molar-refractivity contribution is 6.02. The lowest BCUT2D eigenvalue weighted by molar-refractivity contribution is -0.127. The molecular formula is C15H20N4O3. The topological polar surface area (TPSA) is 105 Å². The van der Waals surface area contributed by atoms with Crippen molar-refractivity contribution in [3.63, 3.8) is 0 Å². The average molecular weight is 304 g/mol. The second-order valence-electron chi connectivity index (χ2n) is 5.41. The second-order valence-corrected chi connectivity index (χ2v) is 5.41. The summed E-state index contributed by atoms with van der Waals surface area (Å²) in [4.78, 5) is 36.7. The summed E-state index contributed by atoms with van der Waals surface area (Å²) in [5.74, 6) is -0.577. The van der Waals surface area contributed by atoms with Crippen LogP contribution in [0.25, 0.3) is 0 Å². The highest BCUT2D eigenvalue weighted by Crippen LogP contribution is 2.22. The molecule has 0 spiro atoms. The van der Waals surface area contributed by atoms with Gasteiger partial charge >= 0.3 is 6.03 Å². The molecule has 4 N–H and O–H groups in total. The molecule has 0 aromatic heterocycles. The molecule has 7 nitrogen and oxygen atoms in total. The molecule has 1 aromatic carbocycles. The minimum atomic E-state index is -0.779. The Morgan fingerprint density at radius 1 is 1.32 bits per heavy atom. The van der Waals surface area contributed by atoms with Crippen molar-refractivity contribution in [2.75, 3.05) is 11.4 Å². The van der Waals surface area contributed by atoms with Crippen LogP contribution in [0.3, 0.4) is 0 Å².